The van der Waals surface area contributed by atoms with Crippen LogP contribution < -0.4 is 10.6 Å². The quantitative estimate of drug-likeness (QED) is 0.859. The summed E-state index contributed by atoms with van der Waals surface area (Å²) in [5.41, 5.74) is 0.797. The molecule has 0 unspecified atom stereocenters. The smallest absolute Gasteiger partial charge is 0.319 e. The highest BCUT2D eigenvalue weighted by atomic mass is 32.1. The van der Waals surface area contributed by atoms with Gasteiger partial charge in [0.1, 0.15) is 0 Å². The van der Waals surface area contributed by atoms with E-state index in [-0.39, 0.29) is 6.03 Å². The molecule has 2 rings (SSSR count). The van der Waals surface area contributed by atoms with Gasteiger partial charge in [0.05, 0.1) is 4.70 Å². The van der Waals surface area contributed by atoms with Crippen LogP contribution in [0.1, 0.15) is 13.3 Å². The van der Waals surface area contributed by atoms with Crippen LogP contribution >= 0.6 is 11.5 Å². The van der Waals surface area contributed by atoms with Crippen LogP contribution in [0.25, 0.3) is 10.1 Å². The number of fused-ring (bicyclic) bond motifs is 1. The number of carbonyl (C=O) groups is 1. The molecule has 0 saturated carbocycles. The number of aromatic nitrogens is 1. The highest BCUT2D eigenvalue weighted by molar-refractivity contribution is 7.13. The molecule has 0 spiro atoms. The van der Waals surface area contributed by atoms with Gasteiger partial charge in [-0.25, -0.2) is 4.79 Å². The number of hydrogen-bond donors (Lipinski definition) is 2. The van der Waals surface area contributed by atoms with Gasteiger partial charge in [0.2, 0.25) is 0 Å². The Labute approximate surface area is 97.8 Å². The molecule has 1 aromatic heterocycles. The lowest BCUT2D eigenvalue weighted by Crippen LogP contribution is -2.29. The third-order valence-corrected chi connectivity index (χ3v) is 2.91. The first-order chi connectivity index (χ1) is 7.79. The minimum atomic E-state index is -0.161. The molecule has 0 fully saturated rings. The van der Waals surface area contributed by atoms with Crippen molar-refractivity contribution in [2.24, 2.45) is 0 Å². The molecule has 0 atom stereocenters. The van der Waals surface area contributed by atoms with E-state index < -0.39 is 0 Å². The van der Waals surface area contributed by atoms with Gasteiger partial charge in [-0.15, -0.1) is 0 Å². The molecule has 1 heterocycles. The Hall–Kier alpha value is -1.62. The molecular weight excluding hydrogens is 222 g/mol. The molecule has 2 N–H and O–H groups in total. The summed E-state index contributed by atoms with van der Waals surface area (Å²) < 4.78 is 5.16. The molecule has 0 aliphatic rings. The third kappa shape index (κ3) is 2.49. The predicted octanol–water partition coefficient (Wildman–Crippen LogP) is 2.83. The van der Waals surface area contributed by atoms with Crippen LogP contribution in [0.3, 0.4) is 0 Å². The Morgan fingerprint density at radius 2 is 2.38 bits per heavy atom. The standard InChI is InChI=1S/C11H13N3OS/c1-2-5-12-11(15)14-9-4-3-8-7-13-16-10(8)6-9/h3-4,6-7H,2,5H2,1H3,(H2,12,14,15). The summed E-state index contributed by atoms with van der Waals surface area (Å²) in [5, 5.41) is 6.65. The number of nitrogens with one attached hydrogen (secondary N) is 2. The van der Waals surface area contributed by atoms with E-state index in [0.29, 0.717) is 6.54 Å². The van der Waals surface area contributed by atoms with E-state index in [0.717, 1.165) is 22.2 Å². The van der Waals surface area contributed by atoms with Crippen molar-refractivity contribution >= 4 is 33.3 Å². The van der Waals surface area contributed by atoms with Gasteiger partial charge in [-0.1, -0.05) is 6.92 Å². The number of anilines is 1. The van der Waals surface area contributed by atoms with Crippen LogP contribution in [-0.2, 0) is 0 Å². The molecule has 1 aromatic carbocycles. The Kier molecular flexibility index (Phi) is 3.36. The Balaban J connectivity index is 2.06. The molecule has 2 amide bonds. The van der Waals surface area contributed by atoms with E-state index in [1.54, 1.807) is 0 Å². The van der Waals surface area contributed by atoms with Crippen LogP contribution in [0.5, 0.6) is 0 Å². The zero-order chi connectivity index (χ0) is 11.4. The third-order valence-electron chi connectivity index (χ3n) is 2.15. The van der Waals surface area contributed by atoms with Gasteiger partial charge in [-0.3, -0.25) is 0 Å². The lowest BCUT2D eigenvalue weighted by molar-refractivity contribution is 0.252. The van der Waals surface area contributed by atoms with E-state index in [1.807, 2.05) is 31.3 Å². The monoisotopic (exact) mass is 235 g/mol. The highest BCUT2D eigenvalue weighted by Gasteiger charge is 2.02. The summed E-state index contributed by atoms with van der Waals surface area (Å²) in [7, 11) is 0. The summed E-state index contributed by atoms with van der Waals surface area (Å²) in [5.74, 6) is 0. The highest BCUT2D eigenvalue weighted by Crippen LogP contribution is 2.21. The second kappa shape index (κ2) is 4.94. The van der Waals surface area contributed by atoms with E-state index in [4.69, 9.17) is 0 Å². The number of benzene rings is 1. The van der Waals surface area contributed by atoms with Gasteiger partial charge in [-0.2, -0.15) is 4.37 Å². The molecule has 0 aliphatic heterocycles. The van der Waals surface area contributed by atoms with Gasteiger partial charge in [0.15, 0.2) is 0 Å². The van der Waals surface area contributed by atoms with Gasteiger partial charge in [0.25, 0.3) is 0 Å². The van der Waals surface area contributed by atoms with Crippen LogP contribution in [0.4, 0.5) is 10.5 Å². The zero-order valence-corrected chi connectivity index (χ0v) is 9.80. The summed E-state index contributed by atoms with van der Waals surface area (Å²) in [4.78, 5) is 11.4. The fraction of sp³-hybridized carbons (Fsp3) is 0.273. The average Bonchev–Trinajstić information content (AvgIpc) is 2.73. The van der Waals surface area contributed by atoms with Crippen LogP contribution in [0.2, 0.25) is 0 Å². The van der Waals surface area contributed by atoms with Crippen molar-refractivity contribution in [3.8, 4) is 0 Å². The minimum absolute atomic E-state index is 0.161. The summed E-state index contributed by atoms with van der Waals surface area (Å²) >= 11 is 1.42. The van der Waals surface area contributed by atoms with Crippen molar-refractivity contribution < 1.29 is 4.79 Å². The molecule has 84 valence electrons. The van der Waals surface area contributed by atoms with Gasteiger partial charge < -0.3 is 10.6 Å². The van der Waals surface area contributed by atoms with E-state index in [2.05, 4.69) is 15.0 Å². The number of rotatable bonds is 3. The van der Waals surface area contributed by atoms with Crippen LogP contribution in [0, 0.1) is 0 Å². The number of urea groups is 1. The fourth-order valence-corrected chi connectivity index (χ4v) is 2.04. The normalized spacial score (nSPS) is 10.3. The molecule has 5 heteroatoms. The summed E-state index contributed by atoms with van der Waals surface area (Å²) in [6.07, 6.45) is 2.75. The van der Waals surface area contributed by atoms with Crippen molar-refractivity contribution in [1.29, 1.82) is 0 Å². The van der Waals surface area contributed by atoms with Gasteiger partial charge in [-0.05, 0) is 36.2 Å². The van der Waals surface area contributed by atoms with Crippen LogP contribution in [-0.4, -0.2) is 16.9 Å². The number of nitrogens with zero attached hydrogens (tertiary/aromatic N) is 1. The molecule has 16 heavy (non-hydrogen) atoms. The summed E-state index contributed by atoms with van der Waals surface area (Å²) in [6.45, 7) is 2.71. The number of carbonyl (C=O) groups excluding carboxylic acids is 1. The van der Waals surface area contributed by atoms with Gasteiger partial charge >= 0.3 is 6.03 Å². The zero-order valence-electron chi connectivity index (χ0n) is 8.99. The molecular formula is C11H13N3OS. The van der Waals surface area contributed by atoms with E-state index >= 15 is 0 Å². The lowest BCUT2D eigenvalue weighted by Gasteiger charge is -2.06. The minimum Gasteiger partial charge on any atom is -0.338 e. The second-order valence-electron chi connectivity index (χ2n) is 3.46. The maximum absolute atomic E-state index is 11.4. The maximum atomic E-state index is 11.4. The molecule has 0 bridgehead atoms. The van der Waals surface area contributed by atoms with Crippen LogP contribution in [0.15, 0.2) is 24.4 Å². The average molecular weight is 235 g/mol. The fourth-order valence-electron chi connectivity index (χ4n) is 1.35. The summed E-state index contributed by atoms with van der Waals surface area (Å²) in [6, 6.07) is 5.60. The van der Waals surface area contributed by atoms with Crippen molar-refractivity contribution in [1.82, 2.24) is 9.69 Å². The number of amides is 2. The largest absolute Gasteiger partial charge is 0.338 e. The van der Waals surface area contributed by atoms with Crippen molar-refractivity contribution in [2.75, 3.05) is 11.9 Å². The van der Waals surface area contributed by atoms with Gasteiger partial charge in [0, 0.05) is 23.8 Å². The predicted molar refractivity (Wildman–Crippen MR) is 66.9 cm³/mol. The van der Waals surface area contributed by atoms with Crippen molar-refractivity contribution in [3.63, 3.8) is 0 Å². The second-order valence-corrected chi connectivity index (χ2v) is 4.29. The Bertz CT molecular complexity index is 495. The SMILES string of the molecule is CCCNC(=O)Nc1ccc2cnsc2c1. The maximum Gasteiger partial charge on any atom is 0.319 e. The van der Waals surface area contributed by atoms with E-state index in [9.17, 15) is 4.79 Å². The van der Waals surface area contributed by atoms with E-state index in [1.165, 1.54) is 11.5 Å². The molecule has 2 aromatic rings. The topological polar surface area (TPSA) is 54.0 Å². The van der Waals surface area contributed by atoms with Crippen molar-refractivity contribution in [2.45, 2.75) is 13.3 Å². The Morgan fingerprint density at radius 3 is 3.19 bits per heavy atom. The first-order valence-electron chi connectivity index (χ1n) is 5.19. The molecule has 0 radical (unpaired) electrons. The molecule has 0 saturated heterocycles. The first-order valence-corrected chi connectivity index (χ1v) is 5.96. The first kappa shape index (κ1) is 10.9. The van der Waals surface area contributed by atoms with Crippen molar-refractivity contribution in [3.05, 3.63) is 24.4 Å². The molecule has 0 aliphatic carbocycles. The Morgan fingerprint density at radius 1 is 1.50 bits per heavy atom. The molecule has 4 nitrogen and oxygen atoms in total. The number of hydrogen-bond acceptors (Lipinski definition) is 3. The lowest BCUT2D eigenvalue weighted by atomic mass is 10.2.